The van der Waals surface area contributed by atoms with E-state index in [2.05, 4.69) is 55.5 Å². The lowest BCUT2D eigenvalue weighted by molar-refractivity contribution is -0.117. The van der Waals surface area contributed by atoms with Gasteiger partial charge < -0.3 is 10.5 Å². The second-order valence-electron chi connectivity index (χ2n) is 7.00. The standard InChI is InChI=1S/C25H23NO2/c1-3-19-21(14-16-11-12-17-7-4-5-8-18(17)13-16)20-9-6-10-23(28-2)25(20)22(19)15-24(26)27/h4-14H,3,15H2,1-2H3,(H2,26,27)/b21-14-. The summed E-state index contributed by atoms with van der Waals surface area (Å²) >= 11 is 0. The van der Waals surface area contributed by atoms with E-state index < -0.39 is 0 Å². The highest BCUT2D eigenvalue weighted by atomic mass is 16.5. The number of carbonyl (C=O) groups excluding carboxylic acids is 1. The molecule has 0 spiro atoms. The summed E-state index contributed by atoms with van der Waals surface area (Å²) < 4.78 is 5.60. The van der Waals surface area contributed by atoms with Crippen LogP contribution in [0.5, 0.6) is 5.75 Å². The number of benzene rings is 3. The van der Waals surface area contributed by atoms with Crippen LogP contribution >= 0.6 is 0 Å². The Balaban J connectivity index is 1.93. The monoisotopic (exact) mass is 369 g/mol. The van der Waals surface area contributed by atoms with Gasteiger partial charge in [0.25, 0.3) is 0 Å². The number of hydrogen-bond donors (Lipinski definition) is 1. The maximum Gasteiger partial charge on any atom is 0.221 e. The summed E-state index contributed by atoms with van der Waals surface area (Å²) in [6.07, 6.45) is 3.24. The first-order valence-corrected chi connectivity index (χ1v) is 9.51. The lowest BCUT2D eigenvalue weighted by Crippen LogP contribution is -2.11. The van der Waals surface area contributed by atoms with Crippen LogP contribution in [-0.4, -0.2) is 13.0 Å². The topological polar surface area (TPSA) is 52.3 Å². The maximum atomic E-state index is 11.8. The van der Waals surface area contributed by atoms with Crippen LogP contribution in [0.2, 0.25) is 0 Å². The van der Waals surface area contributed by atoms with Crippen molar-refractivity contribution < 1.29 is 9.53 Å². The van der Waals surface area contributed by atoms with Gasteiger partial charge in [0.15, 0.2) is 0 Å². The normalized spacial score (nSPS) is 14.6. The van der Waals surface area contributed by atoms with Crippen molar-refractivity contribution in [3.8, 4) is 5.75 Å². The number of primary amides is 1. The van der Waals surface area contributed by atoms with Crippen molar-refractivity contribution in [3.05, 3.63) is 82.9 Å². The Morgan fingerprint density at radius 1 is 1.00 bits per heavy atom. The van der Waals surface area contributed by atoms with Crippen molar-refractivity contribution in [2.75, 3.05) is 7.11 Å². The number of amides is 1. The molecule has 4 rings (SSSR count). The number of fused-ring (bicyclic) bond motifs is 2. The van der Waals surface area contributed by atoms with E-state index in [1.54, 1.807) is 7.11 Å². The third-order valence-corrected chi connectivity index (χ3v) is 5.32. The van der Waals surface area contributed by atoms with E-state index in [4.69, 9.17) is 10.5 Å². The highest BCUT2D eigenvalue weighted by Crippen LogP contribution is 2.48. The Bertz CT molecular complexity index is 1140. The minimum Gasteiger partial charge on any atom is -0.496 e. The Hall–Kier alpha value is -3.33. The fourth-order valence-electron chi connectivity index (χ4n) is 4.12. The molecule has 0 unspecified atom stereocenters. The summed E-state index contributed by atoms with van der Waals surface area (Å²) in [5.41, 5.74) is 12.1. The quantitative estimate of drug-likeness (QED) is 0.651. The number of ether oxygens (including phenoxy) is 1. The molecule has 2 N–H and O–H groups in total. The first-order valence-electron chi connectivity index (χ1n) is 9.51. The van der Waals surface area contributed by atoms with Crippen LogP contribution in [0, 0.1) is 0 Å². The average molecular weight is 369 g/mol. The molecule has 140 valence electrons. The van der Waals surface area contributed by atoms with Crippen LogP contribution in [0.3, 0.4) is 0 Å². The maximum absolute atomic E-state index is 11.8. The van der Waals surface area contributed by atoms with Crippen LogP contribution in [0.15, 0.2) is 66.2 Å². The van der Waals surface area contributed by atoms with Crippen LogP contribution < -0.4 is 10.5 Å². The molecule has 3 heteroatoms. The Morgan fingerprint density at radius 2 is 1.79 bits per heavy atom. The molecule has 3 aromatic rings. The van der Waals surface area contributed by atoms with Crippen LogP contribution in [0.4, 0.5) is 0 Å². The predicted octanol–water partition coefficient (Wildman–Crippen LogP) is 5.44. The zero-order valence-corrected chi connectivity index (χ0v) is 16.2. The van der Waals surface area contributed by atoms with E-state index in [0.717, 1.165) is 45.6 Å². The van der Waals surface area contributed by atoms with Gasteiger partial charge >= 0.3 is 0 Å². The van der Waals surface area contributed by atoms with Gasteiger partial charge in [0, 0.05) is 5.56 Å². The number of allylic oxidation sites excluding steroid dienone is 2. The van der Waals surface area contributed by atoms with E-state index in [1.165, 1.54) is 10.8 Å². The van der Waals surface area contributed by atoms with Gasteiger partial charge in [0.1, 0.15) is 5.75 Å². The smallest absolute Gasteiger partial charge is 0.221 e. The lowest BCUT2D eigenvalue weighted by Gasteiger charge is -2.10. The molecule has 0 radical (unpaired) electrons. The molecule has 1 aliphatic rings. The Kier molecular flexibility index (Phi) is 4.74. The fraction of sp³-hybridized carbons (Fsp3) is 0.160. The summed E-state index contributed by atoms with van der Waals surface area (Å²) in [5, 5.41) is 2.43. The minimum absolute atomic E-state index is 0.214. The van der Waals surface area contributed by atoms with Gasteiger partial charge in [-0.3, -0.25) is 4.79 Å². The third-order valence-electron chi connectivity index (χ3n) is 5.32. The van der Waals surface area contributed by atoms with Crippen molar-refractivity contribution >= 4 is 33.9 Å². The van der Waals surface area contributed by atoms with Gasteiger partial charge in [-0.15, -0.1) is 0 Å². The molecule has 0 fully saturated rings. The van der Waals surface area contributed by atoms with E-state index in [0.29, 0.717) is 0 Å². The van der Waals surface area contributed by atoms with Gasteiger partial charge in [0.05, 0.1) is 13.5 Å². The number of carbonyl (C=O) groups is 1. The number of hydrogen-bond acceptors (Lipinski definition) is 2. The summed E-state index contributed by atoms with van der Waals surface area (Å²) in [5.74, 6) is 0.450. The zero-order valence-electron chi connectivity index (χ0n) is 16.2. The van der Waals surface area contributed by atoms with Gasteiger partial charge in [-0.2, -0.15) is 0 Å². The predicted molar refractivity (Wildman–Crippen MR) is 116 cm³/mol. The van der Waals surface area contributed by atoms with E-state index >= 15 is 0 Å². The first kappa shape index (κ1) is 18.1. The minimum atomic E-state index is -0.329. The summed E-state index contributed by atoms with van der Waals surface area (Å²) in [7, 11) is 1.66. The molecule has 3 nitrogen and oxygen atoms in total. The highest BCUT2D eigenvalue weighted by Gasteiger charge is 2.28. The van der Waals surface area contributed by atoms with E-state index in [-0.39, 0.29) is 12.3 Å². The molecule has 0 saturated carbocycles. The fourth-order valence-corrected chi connectivity index (χ4v) is 4.12. The molecular weight excluding hydrogens is 346 g/mol. The molecule has 1 aliphatic carbocycles. The molecule has 28 heavy (non-hydrogen) atoms. The van der Waals surface area contributed by atoms with E-state index in [1.807, 2.05) is 18.2 Å². The van der Waals surface area contributed by atoms with Gasteiger partial charge in [-0.25, -0.2) is 0 Å². The highest BCUT2D eigenvalue weighted by molar-refractivity contribution is 6.09. The molecule has 0 atom stereocenters. The van der Waals surface area contributed by atoms with Crippen molar-refractivity contribution in [3.63, 3.8) is 0 Å². The van der Waals surface area contributed by atoms with Crippen molar-refractivity contribution in [2.24, 2.45) is 5.73 Å². The number of nitrogens with two attached hydrogens (primary N) is 1. The van der Waals surface area contributed by atoms with Crippen LogP contribution in [0.1, 0.15) is 36.5 Å². The molecule has 0 saturated heterocycles. The summed E-state index contributed by atoms with van der Waals surface area (Å²) in [6, 6.07) is 20.8. The van der Waals surface area contributed by atoms with Crippen LogP contribution in [0.25, 0.3) is 28.0 Å². The zero-order chi connectivity index (χ0) is 19.7. The summed E-state index contributed by atoms with van der Waals surface area (Å²) in [4.78, 5) is 11.8. The van der Waals surface area contributed by atoms with Crippen molar-refractivity contribution in [2.45, 2.75) is 19.8 Å². The lowest BCUT2D eigenvalue weighted by atomic mass is 9.97. The number of methoxy groups -OCH3 is 1. The summed E-state index contributed by atoms with van der Waals surface area (Å²) in [6.45, 7) is 2.11. The van der Waals surface area contributed by atoms with Gasteiger partial charge in [-0.05, 0) is 63.2 Å². The molecule has 1 amide bonds. The number of rotatable bonds is 5. The van der Waals surface area contributed by atoms with Crippen molar-refractivity contribution in [1.82, 2.24) is 0 Å². The Morgan fingerprint density at radius 3 is 2.50 bits per heavy atom. The van der Waals surface area contributed by atoms with Gasteiger partial charge in [-0.1, -0.05) is 55.5 Å². The SMILES string of the molecule is CCC1=C(CC(N)=O)c2c(OC)cccc2/C1=C\c1ccc2ccccc2c1. The second kappa shape index (κ2) is 7.35. The molecule has 0 heterocycles. The van der Waals surface area contributed by atoms with Crippen LogP contribution in [-0.2, 0) is 4.79 Å². The largest absolute Gasteiger partial charge is 0.496 e. The molecular formula is C25H23NO2. The Labute approximate surface area is 165 Å². The molecule has 0 bridgehead atoms. The average Bonchev–Trinajstić information content (AvgIpc) is 3.00. The second-order valence-corrected chi connectivity index (χ2v) is 7.00. The molecule has 0 aromatic heterocycles. The van der Waals surface area contributed by atoms with E-state index in [9.17, 15) is 4.79 Å². The molecule has 0 aliphatic heterocycles. The third kappa shape index (κ3) is 3.09. The first-order chi connectivity index (χ1) is 13.6. The van der Waals surface area contributed by atoms with Crippen molar-refractivity contribution in [1.29, 1.82) is 0 Å². The molecule has 3 aromatic carbocycles. The van der Waals surface area contributed by atoms with Gasteiger partial charge in [0.2, 0.25) is 5.91 Å².